The van der Waals surface area contributed by atoms with Crippen molar-refractivity contribution in [1.29, 1.82) is 0 Å². The maximum Gasteiger partial charge on any atom is 0.0959 e. The molecule has 1 aromatic rings. The molecule has 76 valence electrons. The number of unbranched alkanes of at least 4 members (excludes halogenated alkanes) is 1. The predicted molar refractivity (Wildman–Crippen MR) is 60.0 cm³/mol. The molecule has 1 N–H and O–H groups in total. The van der Waals surface area contributed by atoms with Gasteiger partial charge in [0.1, 0.15) is 0 Å². The second-order valence-electron chi connectivity index (χ2n) is 3.60. The van der Waals surface area contributed by atoms with Crippen molar-refractivity contribution >= 4 is 16.5 Å². The number of nitrogens with one attached hydrogen (secondary N) is 1. The monoisotopic (exact) mass is 209 g/mol. The zero-order valence-electron chi connectivity index (χ0n) is 8.38. The van der Waals surface area contributed by atoms with Crippen LogP contribution in [0.25, 0.3) is 0 Å². The minimum Gasteiger partial charge on any atom is -0.372 e. The molecule has 3 heteroatoms. The third-order valence-electron chi connectivity index (χ3n) is 2.50. The van der Waals surface area contributed by atoms with Crippen molar-refractivity contribution < 1.29 is 4.21 Å². The van der Waals surface area contributed by atoms with E-state index in [1.54, 1.807) is 0 Å². The normalized spacial score (nSPS) is 19.1. The van der Waals surface area contributed by atoms with E-state index in [1.807, 2.05) is 6.07 Å². The molecule has 0 fully saturated rings. The molecule has 1 heterocycles. The van der Waals surface area contributed by atoms with Gasteiger partial charge in [0.05, 0.1) is 27.3 Å². The van der Waals surface area contributed by atoms with E-state index in [0.717, 1.165) is 17.0 Å². The summed E-state index contributed by atoms with van der Waals surface area (Å²) in [6.45, 7) is 2.19. The van der Waals surface area contributed by atoms with Gasteiger partial charge in [0.2, 0.25) is 0 Å². The first-order chi connectivity index (χ1) is 6.81. The lowest BCUT2D eigenvalue weighted by molar-refractivity contribution is 0.686. The minimum absolute atomic E-state index is 0.576. The van der Waals surface area contributed by atoms with Gasteiger partial charge >= 0.3 is 0 Å². The Morgan fingerprint density at radius 1 is 1.50 bits per heavy atom. The van der Waals surface area contributed by atoms with E-state index in [0.29, 0.717) is 5.88 Å². The van der Waals surface area contributed by atoms with E-state index < -0.39 is 10.8 Å². The number of hydrogen-bond acceptors (Lipinski definition) is 2. The number of aryl methyl sites for hydroxylation is 1. The number of rotatable bonds is 3. The standard InChI is InChI=1S/C11H15NOS/c1-2-3-4-9-5-6-10-11(7-9)14(13)8-12-10/h5-7,12H,2-4,8H2,1H3. The maximum atomic E-state index is 11.5. The molecule has 2 rings (SSSR count). The molecule has 0 aromatic heterocycles. The van der Waals surface area contributed by atoms with Crippen molar-refractivity contribution in [2.75, 3.05) is 11.2 Å². The van der Waals surface area contributed by atoms with E-state index in [4.69, 9.17) is 0 Å². The lowest BCUT2D eigenvalue weighted by Crippen LogP contribution is -1.94. The summed E-state index contributed by atoms with van der Waals surface area (Å²) in [4.78, 5) is 0.985. The van der Waals surface area contributed by atoms with E-state index in [1.165, 1.54) is 18.4 Å². The van der Waals surface area contributed by atoms with Gasteiger partial charge < -0.3 is 5.32 Å². The van der Waals surface area contributed by atoms with Crippen molar-refractivity contribution in [2.24, 2.45) is 0 Å². The Morgan fingerprint density at radius 3 is 3.14 bits per heavy atom. The van der Waals surface area contributed by atoms with E-state index in [2.05, 4.69) is 24.4 Å². The maximum absolute atomic E-state index is 11.5. The van der Waals surface area contributed by atoms with Gasteiger partial charge in [-0.1, -0.05) is 19.4 Å². The summed E-state index contributed by atoms with van der Waals surface area (Å²) >= 11 is 0. The molecular formula is C11H15NOS. The molecular weight excluding hydrogens is 194 g/mol. The topological polar surface area (TPSA) is 29.1 Å². The Kier molecular flexibility index (Phi) is 2.87. The fourth-order valence-corrected chi connectivity index (χ4v) is 2.77. The van der Waals surface area contributed by atoms with Crippen LogP contribution >= 0.6 is 0 Å². The molecule has 1 atom stereocenters. The smallest absolute Gasteiger partial charge is 0.0959 e. The molecule has 0 amide bonds. The van der Waals surface area contributed by atoms with Gasteiger partial charge in [0.15, 0.2) is 0 Å². The highest BCUT2D eigenvalue weighted by atomic mass is 32.2. The van der Waals surface area contributed by atoms with Gasteiger partial charge in [-0.25, -0.2) is 0 Å². The van der Waals surface area contributed by atoms with Crippen LogP contribution in [-0.4, -0.2) is 10.1 Å². The summed E-state index contributed by atoms with van der Waals surface area (Å²) in [5.41, 5.74) is 2.35. The molecule has 0 saturated heterocycles. The van der Waals surface area contributed by atoms with Gasteiger partial charge in [-0.3, -0.25) is 4.21 Å². The Bertz CT molecular complexity index is 362. The third-order valence-corrected chi connectivity index (χ3v) is 3.74. The van der Waals surface area contributed by atoms with Gasteiger partial charge in [0, 0.05) is 0 Å². The first kappa shape index (κ1) is 9.71. The van der Waals surface area contributed by atoms with E-state index in [9.17, 15) is 4.21 Å². The summed E-state index contributed by atoms with van der Waals surface area (Å²) in [6.07, 6.45) is 3.51. The first-order valence-electron chi connectivity index (χ1n) is 5.06. The molecule has 0 aliphatic carbocycles. The van der Waals surface area contributed by atoms with Gasteiger partial charge in [-0.15, -0.1) is 0 Å². The Balaban J connectivity index is 2.21. The molecule has 2 nitrogen and oxygen atoms in total. The molecule has 0 bridgehead atoms. The zero-order chi connectivity index (χ0) is 9.97. The highest BCUT2D eigenvalue weighted by Gasteiger charge is 2.16. The predicted octanol–water partition coefficient (Wildman–Crippen LogP) is 2.52. The highest BCUT2D eigenvalue weighted by Crippen LogP contribution is 2.27. The summed E-state index contributed by atoms with van der Waals surface area (Å²) in [5.74, 6) is 0.576. The largest absolute Gasteiger partial charge is 0.372 e. The lowest BCUT2D eigenvalue weighted by atomic mass is 10.1. The summed E-state index contributed by atoms with van der Waals surface area (Å²) in [7, 11) is -0.825. The number of fused-ring (bicyclic) bond motifs is 1. The fraction of sp³-hybridized carbons (Fsp3) is 0.455. The Labute approximate surface area is 87.2 Å². The fourth-order valence-electron chi connectivity index (χ4n) is 1.66. The zero-order valence-corrected chi connectivity index (χ0v) is 9.19. The molecule has 0 spiro atoms. The van der Waals surface area contributed by atoms with Crippen LogP contribution in [0.15, 0.2) is 23.1 Å². The van der Waals surface area contributed by atoms with Crippen molar-refractivity contribution in [3.8, 4) is 0 Å². The average Bonchev–Trinajstić information content (AvgIpc) is 2.57. The third kappa shape index (κ3) is 1.82. The van der Waals surface area contributed by atoms with Crippen LogP contribution in [0.3, 0.4) is 0 Å². The lowest BCUT2D eigenvalue weighted by Gasteiger charge is -2.02. The van der Waals surface area contributed by atoms with E-state index in [-0.39, 0.29) is 0 Å². The van der Waals surface area contributed by atoms with Crippen LogP contribution in [0, 0.1) is 0 Å². The van der Waals surface area contributed by atoms with Crippen molar-refractivity contribution in [2.45, 2.75) is 31.1 Å². The van der Waals surface area contributed by atoms with Gasteiger partial charge in [-0.05, 0) is 30.5 Å². The molecule has 1 aromatic carbocycles. The van der Waals surface area contributed by atoms with Crippen LogP contribution in [0.4, 0.5) is 5.69 Å². The highest BCUT2D eigenvalue weighted by molar-refractivity contribution is 7.85. The minimum atomic E-state index is -0.825. The number of anilines is 1. The molecule has 1 aliphatic heterocycles. The van der Waals surface area contributed by atoms with Crippen LogP contribution < -0.4 is 5.32 Å². The van der Waals surface area contributed by atoms with Crippen molar-refractivity contribution in [1.82, 2.24) is 0 Å². The van der Waals surface area contributed by atoms with Crippen LogP contribution in [0.2, 0.25) is 0 Å². The summed E-state index contributed by atoms with van der Waals surface area (Å²) < 4.78 is 11.5. The first-order valence-corrected chi connectivity index (χ1v) is 6.38. The quantitative estimate of drug-likeness (QED) is 0.828. The van der Waals surface area contributed by atoms with E-state index >= 15 is 0 Å². The summed E-state index contributed by atoms with van der Waals surface area (Å²) in [5, 5.41) is 3.13. The number of benzene rings is 1. The second-order valence-corrected chi connectivity index (χ2v) is 5.02. The number of hydrogen-bond donors (Lipinski definition) is 1. The van der Waals surface area contributed by atoms with Gasteiger partial charge in [-0.2, -0.15) is 0 Å². The SMILES string of the molecule is CCCCc1ccc2c(c1)S(=O)CN2. The second kappa shape index (κ2) is 4.13. The molecule has 14 heavy (non-hydrogen) atoms. The van der Waals surface area contributed by atoms with Crippen molar-refractivity contribution in [3.63, 3.8) is 0 Å². The Morgan fingerprint density at radius 2 is 2.36 bits per heavy atom. The summed E-state index contributed by atoms with van der Waals surface area (Å²) in [6, 6.07) is 6.26. The van der Waals surface area contributed by atoms with Crippen LogP contribution in [-0.2, 0) is 17.2 Å². The van der Waals surface area contributed by atoms with Gasteiger partial charge in [0.25, 0.3) is 0 Å². The van der Waals surface area contributed by atoms with Crippen LogP contribution in [0.5, 0.6) is 0 Å². The molecule has 0 saturated carbocycles. The van der Waals surface area contributed by atoms with Crippen molar-refractivity contribution in [3.05, 3.63) is 23.8 Å². The Hall–Kier alpha value is -0.830. The average molecular weight is 209 g/mol. The molecule has 1 unspecified atom stereocenters. The molecule has 1 aliphatic rings. The van der Waals surface area contributed by atoms with Crippen LogP contribution in [0.1, 0.15) is 25.3 Å². The molecule has 0 radical (unpaired) electrons.